The molecule has 1 heteroatoms. The summed E-state index contributed by atoms with van der Waals surface area (Å²) in [5.41, 5.74) is 15.9. The van der Waals surface area contributed by atoms with E-state index in [4.69, 9.17) is 0 Å². The fourth-order valence-electron chi connectivity index (χ4n) is 9.62. The number of fused-ring (bicyclic) bond motifs is 9. The fourth-order valence-corrected chi connectivity index (χ4v) is 9.62. The zero-order chi connectivity index (χ0) is 38.8. The van der Waals surface area contributed by atoms with Crippen molar-refractivity contribution >= 4 is 49.4 Å². The van der Waals surface area contributed by atoms with Crippen molar-refractivity contribution in [2.75, 3.05) is 4.90 Å². The summed E-state index contributed by atoms with van der Waals surface area (Å²) in [6.07, 6.45) is 0. The molecule has 0 atom stereocenters. The van der Waals surface area contributed by atoms with Crippen LogP contribution in [0.3, 0.4) is 0 Å². The summed E-state index contributed by atoms with van der Waals surface area (Å²) < 4.78 is 0. The molecule has 274 valence electrons. The Morgan fingerprint density at radius 2 is 0.741 bits per heavy atom. The Kier molecular flexibility index (Phi) is 7.91. The van der Waals surface area contributed by atoms with Crippen LogP contribution in [-0.4, -0.2) is 0 Å². The minimum Gasteiger partial charge on any atom is -0.310 e. The number of nitrogens with zero attached hydrogens (tertiary/aromatic N) is 1. The Hall–Kier alpha value is -7.22. The third-order valence-electron chi connectivity index (χ3n) is 12.4. The van der Waals surface area contributed by atoms with Gasteiger partial charge in [-0.3, -0.25) is 0 Å². The van der Waals surface area contributed by atoms with Gasteiger partial charge < -0.3 is 4.90 Å². The van der Waals surface area contributed by atoms with Crippen molar-refractivity contribution < 1.29 is 0 Å². The molecule has 0 amide bonds. The van der Waals surface area contributed by atoms with Crippen LogP contribution in [0.4, 0.5) is 17.1 Å². The topological polar surface area (TPSA) is 3.24 Å². The van der Waals surface area contributed by atoms with E-state index < -0.39 is 0 Å². The molecular weight excluding hydrogens is 699 g/mol. The third kappa shape index (κ3) is 5.46. The van der Waals surface area contributed by atoms with Gasteiger partial charge in [-0.25, -0.2) is 0 Å². The molecule has 10 aromatic rings. The summed E-state index contributed by atoms with van der Waals surface area (Å²) in [5.74, 6) is 0. The van der Waals surface area contributed by atoms with Gasteiger partial charge in [-0.15, -0.1) is 0 Å². The predicted octanol–water partition coefficient (Wildman–Crippen LogP) is 15.9. The van der Waals surface area contributed by atoms with E-state index in [-0.39, 0.29) is 5.41 Å². The minimum atomic E-state index is -0.110. The molecule has 1 aliphatic rings. The number of hydrogen-bond acceptors (Lipinski definition) is 1. The molecule has 0 aliphatic heterocycles. The van der Waals surface area contributed by atoms with Crippen LogP contribution >= 0.6 is 0 Å². The SMILES string of the molecule is CC1(C)c2ccccc2-c2ccc(N(c3cccc(-c4ccccc4)c3)c3cccc(-c4cccc(-c5cccc6c7ccccc7c7ccccc7c56)c4)c3)cc21. The Morgan fingerprint density at radius 1 is 0.293 bits per heavy atom. The second kappa shape index (κ2) is 13.5. The van der Waals surface area contributed by atoms with Crippen molar-refractivity contribution in [3.63, 3.8) is 0 Å². The Balaban J connectivity index is 1.06. The maximum Gasteiger partial charge on any atom is 0.0467 e. The number of rotatable bonds is 6. The molecule has 1 aliphatic carbocycles. The van der Waals surface area contributed by atoms with E-state index in [1.54, 1.807) is 0 Å². The van der Waals surface area contributed by atoms with Crippen molar-refractivity contribution in [3.8, 4) is 44.5 Å². The van der Waals surface area contributed by atoms with Gasteiger partial charge in [0.25, 0.3) is 0 Å². The molecule has 1 nitrogen and oxygen atoms in total. The van der Waals surface area contributed by atoms with Gasteiger partial charge in [0.15, 0.2) is 0 Å². The lowest BCUT2D eigenvalue weighted by molar-refractivity contribution is 0.660. The van der Waals surface area contributed by atoms with E-state index in [2.05, 4.69) is 231 Å². The fraction of sp³-hybridized carbons (Fsp3) is 0.0526. The third-order valence-corrected chi connectivity index (χ3v) is 12.4. The highest BCUT2D eigenvalue weighted by Gasteiger charge is 2.35. The van der Waals surface area contributed by atoms with Gasteiger partial charge in [0, 0.05) is 22.5 Å². The minimum absolute atomic E-state index is 0.110. The standard InChI is InChI=1S/C57H41N/c1-57(2)54-31-11-10-27-50(54)51-33-32-45(37-55(51)57)58(43-22-13-19-40(35-43)38-16-4-3-5-17-38)44-23-14-20-41(36-44)39-18-12-21-42(34-39)46-29-15-30-53-49-25-7-6-24-47(49)48-26-8-9-28-52(48)56(46)53/h3-37H,1-2H3. The van der Waals surface area contributed by atoms with Gasteiger partial charge in [-0.1, -0.05) is 184 Å². The van der Waals surface area contributed by atoms with E-state index in [0.717, 1.165) is 17.1 Å². The monoisotopic (exact) mass is 739 g/mol. The number of benzene rings is 10. The molecule has 0 fully saturated rings. The molecule has 11 rings (SSSR count). The van der Waals surface area contributed by atoms with Gasteiger partial charge in [0.05, 0.1) is 0 Å². The molecule has 0 spiro atoms. The average Bonchev–Trinajstić information content (AvgIpc) is 3.52. The van der Waals surface area contributed by atoms with Gasteiger partial charge in [0.2, 0.25) is 0 Å². The highest BCUT2D eigenvalue weighted by Crippen LogP contribution is 2.51. The number of hydrogen-bond donors (Lipinski definition) is 0. The van der Waals surface area contributed by atoms with Crippen LogP contribution in [0.15, 0.2) is 212 Å². The largest absolute Gasteiger partial charge is 0.310 e. The van der Waals surface area contributed by atoms with Crippen LogP contribution in [0.25, 0.3) is 76.8 Å². The predicted molar refractivity (Wildman–Crippen MR) is 248 cm³/mol. The molecular formula is C57H41N. The van der Waals surface area contributed by atoms with Crippen molar-refractivity contribution in [2.45, 2.75) is 19.3 Å². The molecule has 0 saturated carbocycles. The van der Waals surface area contributed by atoms with Gasteiger partial charge in [-0.2, -0.15) is 0 Å². The van der Waals surface area contributed by atoms with Crippen LogP contribution in [-0.2, 0) is 5.41 Å². The molecule has 0 aromatic heterocycles. The molecule has 0 saturated heterocycles. The normalized spacial score (nSPS) is 12.8. The van der Waals surface area contributed by atoms with E-state index >= 15 is 0 Å². The van der Waals surface area contributed by atoms with E-state index in [0.29, 0.717) is 0 Å². The highest BCUT2D eigenvalue weighted by molar-refractivity contribution is 6.28. The second-order valence-corrected chi connectivity index (χ2v) is 16.1. The number of anilines is 3. The van der Waals surface area contributed by atoms with Crippen LogP contribution in [0, 0.1) is 0 Å². The molecule has 10 aromatic carbocycles. The summed E-state index contributed by atoms with van der Waals surface area (Å²) in [7, 11) is 0. The van der Waals surface area contributed by atoms with Gasteiger partial charge in [-0.05, 0) is 130 Å². The maximum atomic E-state index is 2.43. The quantitative estimate of drug-likeness (QED) is 0.154. The first kappa shape index (κ1) is 34.1. The highest BCUT2D eigenvalue weighted by atomic mass is 15.1. The summed E-state index contributed by atoms with van der Waals surface area (Å²) in [6, 6.07) is 78.1. The summed E-state index contributed by atoms with van der Waals surface area (Å²) in [5, 5.41) is 7.74. The van der Waals surface area contributed by atoms with Crippen LogP contribution < -0.4 is 4.90 Å². The second-order valence-electron chi connectivity index (χ2n) is 16.1. The van der Waals surface area contributed by atoms with Crippen molar-refractivity contribution in [1.82, 2.24) is 0 Å². The van der Waals surface area contributed by atoms with Crippen LogP contribution in [0.1, 0.15) is 25.0 Å². The zero-order valence-corrected chi connectivity index (χ0v) is 32.7. The lowest BCUT2D eigenvalue weighted by atomic mass is 9.82. The Labute approximate surface area is 340 Å². The van der Waals surface area contributed by atoms with Crippen LogP contribution in [0.2, 0.25) is 0 Å². The van der Waals surface area contributed by atoms with Gasteiger partial charge in [0.1, 0.15) is 0 Å². The van der Waals surface area contributed by atoms with E-state index in [9.17, 15) is 0 Å². The van der Waals surface area contributed by atoms with Crippen molar-refractivity contribution in [3.05, 3.63) is 223 Å². The molecule has 0 N–H and O–H groups in total. The first-order chi connectivity index (χ1) is 28.5. The van der Waals surface area contributed by atoms with Gasteiger partial charge >= 0.3 is 0 Å². The zero-order valence-electron chi connectivity index (χ0n) is 32.7. The average molecular weight is 740 g/mol. The van der Waals surface area contributed by atoms with Crippen molar-refractivity contribution in [2.24, 2.45) is 0 Å². The summed E-state index contributed by atoms with van der Waals surface area (Å²) in [6.45, 7) is 4.72. The smallest absolute Gasteiger partial charge is 0.0467 e. The van der Waals surface area contributed by atoms with E-state index in [1.807, 2.05) is 0 Å². The van der Waals surface area contributed by atoms with Crippen molar-refractivity contribution in [1.29, 1.82) is 0 Å². The summed E-state index contributed by atoms with van der Waals surface area (Å²) >= 11 is 0. The lowest BCUT2D eigenvalue weighted by Gasteiger charge is -2.29. The van der Waals surface area contributed by atoms with Crippen LogP contribution in [0.5, 0.6) is 0 Å². The first-order valence-electron chi connectivity index (χ1n) is 20.3. The first-order valence-corrected chi connectivity index (χ1v) is 20.3. The molecule has 58 heavy (non-hydrogen) atoms. The molecule has 0 heterocycles. The van der Waals surface area contributed by atoms with E-state index in [1.165, 1.54) is 88.0 Å². The maximum absolute atomic E-state index is 2.43. The summed E-state index contributed by atoms with van der Waals surface area (Å²) in [4.78, 5) is 2.43. The Bertz CT molecular complexity index is 3160. The molecule has 0 bridgehead atoms. The Morgan fingerprint density at radius 3 is 1.45 bits per heavy atom. The molecule has 0 unspecified atom stereocenters. The lowest BCUT2D eigenvalue weighted by Crippen LogP contribution is -2.16. The molecule has 0 radical (unpaired) electrons.